The molecular weight excluding hydrogens is 276 g/mol. The molecule has 0 atom stereocenters. The van der Waals surface area contributed by atoms with Crippen molar-refractivity contribution in [1.82, 2.24) is 9.97 Å². The minimum absolute atomic E-state index is 0.0370. The molecule has 3 N–H and O–H groups in total. The van der Waals surface area contributed by atoms with Gasteiger partial charge in [0.2, 0.25) is 0 Å². The van der Waals surface area contributed by atoms with Gasteiger partial charge in [0.25, 0.3) is 5.22 Å². The van der Waals surface area contributed by atoms with Gasteiger partial charge in [0.05, 0.1) is 0 Å². The number of benzene rings is 1. The summed E-state index contributed by atoms with van der Waals surface area (Å²) in [4.78, 5) is 9.22. The molecule has 0 spiro atoms. The predicted octanol–water partition coefficient (Wildman–Crippen LogP) is 2.47. The molecule has 0 saturated carbocycles. The van der Waals surface area contributed by atoms with Crippen LogP contribution >= 0.6 is 11.8 Å². The number of oxime groups is 1. The molecule has 3 aromatic rings. The molecule has 20 heavy (non-hydrogen) atoms. The van der Waals surface area contributed by atoms with Crippen LogP contribution in [-0.2, 0) is 0 Å². The number of para-hydroxylation sites is 2. The van der Waals surface area contributed by atoms with Crippen LogP contribution < -0.4 is 5.73 Å². The van der Waals surface area contributed by atoms with E-state index >= 15 is 0 Å². The van der Waals surface area contributed by atoms with Crippen LogP contribution in [0, 0.1) is 0 Å². The maximum absolute atomic E-state index is 8.65. The highest BCUT2D eigenvalue weighted by atomic mass is 32.2. The van der Waals surface area contributed by atoms with Crippen LogP contribution in [0.15, 0.2) is 62.3 Å². The molecule has 3 rings (SSSR count). The molecule has 0 aliphatic carbocycles. The Morgan fingerprint density at radius 3 is 2.95 bits per heavy atom. The Morgan fingerprint density at radius 1 is 1.30 bits per heavy atom. The molecule has 0 bridgehead atoms. The minimum atomic E-state index is -0.0370. The van der Waals surface area contributed by atoms with E-state index in [1.807, 2.05) is 24.3 Å². The van der Waals surface area contributed by atoms with E-state index in [0.29, 0.717) is 10.9 Å². The van der Waals surface area contributed by atoms with Gasteiger partial charge in [0.1, 0.15) is 11.2 Å². The number of hydrogen-bond acceptors (Lipinski definition) is 6. The van der Waals surface area contributed by atoms with Crippen molar-refractivity contribution < 1.29 is 9.62 Å². The zero-order valence-corrected chi connectivity index (χ0v) is 11.0. The van der Waals surface area contributed by atoms with Crippen molar-refractivity contribution in [2.75, 3.05) is 0 Å². The fraction of sp³-hybridized carbons (Fsp3) is 0. The van der Waals surface area contributed by atoms with Crippen LogP contribution in [0.5, 0.6) is 0 Å². The van der Waals surface area contributed by atoms with E-state index in [1.165, 1.54) is 11.8 Å². The van der Waals surface area contributed by atoms with Crippen molar-refractivity contribution in [3.8, 4) is 0 Å². The molecule has 6 nitrogen and oxygen atoms in total. The third-order valence-corrected chi connectivity index (χ3v) is 3.42. The quantitative estimate of drug-likeness (QED) is 0.332. The second kappa shape index (κ2) is 5.22. The fourth-order valence-corrected chi connectivity index (χ4v) is 2.44. The Labute approximate surface area is 118 Å². The van der Waals surface area contributed by atoms with Gasteiger partial charge in [-0.3, -0.25) is 4.98 Å². The van der Waals surface area contributed by atoms with Crippen LogP contribution in [-0.4, -0.2) is 21.0 Å². The molecule has 7 heteroatoms. The summed E-state index contributed by atoms with van der Waals surface area (Å²) >= 11 is 1.35. The SMILES string of the molecule is NC(=NO)c1cc(Sc2nc3ccccc3o2)ccn1. The lowest BCUT2D eigenvalue weighted by atomic mass is 10.3. The third kappa shape index (κ3) is 2.43. The first-order chi connectivity index (χ1) is 9.76. The van der Waals surface area contributed by atoms with Gasteiger partial charge < -0.3 is 15.4 Å². The number of nitrogens with two attached hydrogens (primary N) is 1. The Hall–Kier alpha value is -2.54. The first-order valence-electron chi connectivity index (χ1n) is 5.73. The molecule has 0 aliphatic rings. The van der Waals surface area contributed by atoms with Crippen molar-refractivity contribution >= 4 is 28.7 Å². The van der Waals surface area contributed by atoms with Crippen molar-refractivity contribution in [2.45, 2.75) is 10.1 Å². The van der Waals surface area contributed by atoms with Gasteiger partial charge in [-0.2, -0.15) is 0 Å². The molecule has 100 valence electrons. The lowest BCUT2D eigenvalue weighted by Gasteiger charge is -2.00. The Bertz CT molecular complexity index is 752. The lowest BCUT2D eigenvalue weighted by Crippen LogP contribution is -2.14. The number of pyridine rings is 1. The predicted molar refractivity (Wildman–Crippen MR) is 74.9 cm³/mol. The van der Waals surface area contributed by atoms with Gasteiger partial charge in [-0.05, 0) is 36.0 Å². The number of aromatic nitrogens is 2. The first-order valence-corrected chi connectivity index (χ1v) is 6.55. The second-order valence-corrected chi connectivity index (χ2v) is 4.94. The van der Waals surface area contributed by atoms with E-state index in [2.05, 4.69) is 15.1 Å². The Balaban J connectivity index is 1.90. The van der Waals surface area contributed by atoms with Gasteiger partial charge in [-0.1, -0.05) is 17.3 Å². The second-order valence-electron chi connectivity index (χ2n) is 3.91. The summed E-state index contributed by atoms with van der Waals surface area (Å²) in [6.07, 6.45) is 1.58. The fourth-order valence-electron chi connectivity index (χ4n) is 1.66. The highest BCUT2D eigenvalue weighted by molar-refractivity contribution is 7.99. The molecule has 0 radical (unpaired) electrons. The molecule has 1 aromatic carbocycles. The average Bonchev–Trinajstić information content (AvgIpc) is 2.88. The Kier molecular flexibility index (Phi) is 3.26. The summed E-state index contributed by atoms with van der Waals surface area (Å²) in [6, 6.07) is 11.0. The number of fused-ring (bicyclic) bond motifs is 1. The van der Waals surface area contributed by atoms with Crippen molar-refractivity contribution in [1.29, 1.82) is 0 Å². The van der Waals surface area contributed by atoms with Crippen LogP contribution in [0.25, 0.3) is 11.1 Å². The molecule has 0 aliphatic heterocycles. The van der Waals surface area contributed by atoms with E-state index in [0.717, 1.165) is 16.0 Å². The number of nitrogens with zero attached hydrogens (tertiary/aromatic N) is 3. The van der Waals surface area contributed by atoms with E-state index in [1.54, 1.807) is 18.3 Å². The number of oxazole rings is 1. The van der Waals surface area contributed by atoms with E-state index in [4.69, 9.17) is 15.4 Å². The number of hydrogen-bond donors (Lipinski definition) is 2. The van der Waals surface area contributed by atoms with Crippen LogP contribution in [0.1, 0.15) is 5.69 Å². The first kappa shape index (κ1) is 12.5. The zero-order valence-electron chi connectivity index (χ0n) is 10.2. The molecule has 0 amide bonds. The van der Waals surface area contributed by atoms with Gasteiger partial charge >= 0.3 is 0 Å². The van der Waals surface area contributed by atoms with E-state index < -0.39 is 0 Å². The summed E-state index contributed by atoms with van der Waals surface area (Å²) in [5.74, 6) is -0.0370. The van der Waals surface area contributed by atoms with Gasteiger partial charge in [0.15, 0.2) is 11.4 Å². The molecule has 0 unspecified atom stereocenters. The highest BCUT2D eigenvalue weighted by Gasteiger charge is 2.09. The van der Waals surface area contributed by atoms with Gasteiger partial charge in [-0.25, -0.2) is 4.98 Å². The van der Waals surface area contributed by atoms with Gasteiger partial charge in [0, 0.05) is 11.1 Å². The highest BCUT2D eigenvalue weighted by Crippen LogP contribution is 2.29. The van der Waals surface area contributed by atoms with E-state index in [9.17, 15) is 0 Å². The van der Waals surface area contributed by atoms with Crippen LogP contribution in [0.2, 0.25) is 0 Å². The van der Waals surface area contributed by atoms with Gasteiger partial charge in [-0.15, -0.1) is 0 Å². The summed E-state index contributed by atoms with van der Waals surface area (Å²) in [6.45, 7) is 0. The summed E-state index contributed by atoms with van der Waals surface area (Å²) in [5, 5.41) is 12.1. The Morgan fingerprint density at radius 2 is 2.15 bits per heavy atom. The third-order valence-electron chi connectivity index (χ3n) is 2.58. The maximum Gasteiger partial charge on any atom is 0.261 e. The molecule has 2 heterocycles. The standard InChI is InChI=1S/C13H10N4O2S/c14-12(17-18)10-7-8(5-6-15-10)20-13-16-9-3-1-2-4-11(9)19-13/h1-7,18H,(H2,14,17). The largest absolute Gasteiger partial charge is 0.431 e. The smallest absolute Gasteiger partial charge is 0.261 e. The molecule has 0 saturated heterocycles. The average molecular weight is 286 g/mol. The normalized spacial score (nSPS) is 11.9. The molecular formula is C13H10N4O2S. The van der Waals surface area contributed by atoms with Crippen molar-refractivity contribution in [3.05, 3.63) is 48.3 Å². The summed E-state index contributed by atoms with van der Waals surface area (Å²) in [7, 11) is 0. The van der Waals surface area contributed by atoms with Crippen LogP contribution in [0.4, 0.5) is 0 Å². The zero-order chi connectivity index (χ0) is 13.9. The van der Waals surface area contributed by atoms with Crippen molar-refractivity contribution in [3.63, 3.8) is 0 Å². The molecule has 0 fully saturated rings. The topological polar surface area (TPSA) is 97.5 Å². The summed E-state index contributed by atoms with van der Waals surface area (Å²) < 4.78 is 5.62. The summed E-state index contributed by atoms with van der Waals surface area (Å²) in [5.41, 5.74) is 7.45. The number of amidine groups is 1. The lowest BCUT2D eigenvalue weighted by molar-refractivity contribution is 0.318. The minimum Gasteiger partial charge on any atom is -0.431 e. The maximum atomic E-state index is 8.65. The monoisotopic (exact) mass is 286 g/mol. The van der Waals surface area contributed by atoms with Crippen LogP contribution in [0.3, 0.4) is 0 Å². The van der Waals surface area contributed by atoms with Crippen molar-refractivity contribution in [2.24, 2.45) is 10.9 Å². The number of rotatable bonds is 3. The van der Waals surface area contributed by atoms with E-state index in [-0.39, 0.29) is 5.84 Å². The molecule has 2 aromatic heterocycles.